The highest BCUT2D eigenvalue weighted by Gasteiger charge is 2.33. The summed E-state index contributed by atoms with van der Waals surface area (Å²) in [5.41, 5.74) is 7.23. The zero-order valence-electron chi connectivity index (χ0n) is 11.4. The van der Waals surface area contributed by atoms with Gasteiger partial charge in [0.2, 0.25) is 0 Å². The van der Waals surface area contributed by atoms with Gasteiger partial charge in [-0.2, -0.15) is 0 Å². The van der Waals surface area contributed by atoms with Crippen molar-refractivity contribution >= 4 is 29.3 Å². The highest BCUT2D eigenvalue weighted by atomic mass is 16.4. The number of carbonyl (C=O) groups excluding carboxylic acids is 2. The van der Waals surface area contributed by atoms with E-state index in [0.29, 0.717) is 11.3 Å². The minimum atomic E-state index is -1.14. The zero-order valence-corrected chi connectivity index (χ0v) is 11.4. The average molecular weight is 293 g/mol. The second kappa shape index (κ2) is 4.96. The van der Waals surface area contributed by atoms with Crippen molar-refractivity contribution in [1.82, 2.24) is 0 Å². The molecule has 0 saturated heterocycles. The van der Waals surface area contributed by atoms with E-state index in [-0.39, 0.29) is 22.3 Å². The fourth-order valence-corrected chi connectivity index (χ4v) is 2.35. The normalized spacial score (nSPS) is 15.2. The molecule has 5 heteroatoms. The van der Waals surface area contributed by atoms with Gasteiger partial charge in [0.1, 0.15) is 0 Å². The van der Waals surface area contributed by atoms with Gasteiger partial charge in [-0.1, -0.05) is 12.1 Å². The van der Waals surface area contributed by atoms with Gasteiger partial charge in [-0.3, -0.25) is 9.59 Å². The largest absolute Gasteiger partial charge is 0.478 e. The lowest BCUT2D eigenvalue weighted by Gasteiger charge is -1.97. The van der Waals surface area contributed by atoms with Gasteiger partial charge in [0.15, 0.2) is 11.6 Å². The van der Waals surface area contributed by atoms with Gasteiger partial charge in [0, 0.05) is 16.8 Å². The molecule has 22 heavy (non-hydrogen) atoms. The SMILES string of the molecule is Nc1ccc(/C=C2/C(=O)c3ccc(C(=O)O)cc3C2=O)cc1. The van der Waals surface area contributed by atoms with Crippen LogP contribution in [0.5, 0.6) is 0 Å². The van der Waals surface area contributed by atoms with Crippen LogP contribution in [-0.4, -0.2) is 22.6 Å². The van der Waals surface area contributed by atoms with E-state index < -0.39 is 17.5 Å². The van der Waals surface area contributed by atoms with Gasteiger partial charge in [0.25, 0.3) is 0 Å². The third kappa shape index (κ3) is 2.18. The highest BCUT2D eigenvalue weighted by molar-refractivity contribution is 6.41. The minimum absolute atomic E-state index is 0.0198. The predicted molar refractivity (Wildman–Crippen MR) is 80.9 cm³/mol. The number of rotatable bonds is 2. The van der Waals surface area contributed by atoms with E-state index in [9.17, 15) is 14.4 Å². The number of Topliss-reactive ketones (excluding diaryl/α,β-unsaturated/α-hetero) is 2. The van der Waals surface area contributed by atoms with E-state index in [1.807, 2.05) is 0 Å². The van der Waals surface area contributed by atoms with Crippen molar-refractivity contribution in [2.45, 2.75) is 0 Å². The molecule has 0 aromatic heterocycles. The number of ketones is 2. The van der Waals surface area contributed by atoms with Crippen LogP contribution in [0.3, 0.4) is 0 Å². The quantitative estimate of drug-likeness (QED) is 0.503. The first-order chi connectivity index (χ1) is 10.5. The molecule has 0 heterocycles. The van der Waals surface area contributed by atoms with Crippen LogP contribution < -0.4 is 5.73 Å². The zero-order chi connectivity index (χ0) is 15.9. The number of carboxylic acids is 1. The molecule has 0 atom stereocenters. The van der Waals surface area contributed by atoms with Crippen molar-refractivity contribution in [2.75, 3.05) is 5.73 Å². The molecule has 3 rings (SSSR count). The number of hydrogen-bond donors (Lipinski definition) is 2. The van der Waals surface area contributed by atoms with E-state index in [2.05, 4.69) is 0 Å². The molecule has 1 aliphatic rings. The van der Waals surface area contributed by atoms with Crippen LogP contribution in [-0.2, 0) is 0 Å². The fraction of sp³-hybridized carbons (Fsp3) is 0. The number of allylic oxidation sites excluding steroid dienone is 1. The summed E-state index contributed by atoms with van der Waals surface area (Å²) in [6.45, 7) is 0. The Labute approximate surface area is 125 Å². The maximum absolute atomic E-state index is 12.3. The summed E-state index contributed by atoms with van der Waals surface area (Å²) >= 11 is 0. The van der Waals surface area contributed by atoms with E-state index in [1.54, 1.807) is 24.3 Å². The standard InChI is InChI=1S/C17H11NO4/c18-11-4-1-9(2-5-11)7-14-15(19)12-6-3-10(17(21)22)8-13(12)16(14)20/h1-8H,18H2,(H,21,22)/b14-7-. The molecule has 2 aromatic carbocycles. The lowest BCUT2D eigenvalue weighted by molar-refractivity contribution is 0.0696. The predicted octanol–water partition coefficient (Wildman–Crippen LogP) is 2.43. The Kier molecular flexibility index (Phi) is 3.10. The topological polar surface area (TPSA) is 97.5 Å². The van der Waals surface area contributed by atoms with E-state index in [1.165, 1.54) is 24.3 Å². The Bertz CT molecular complexity index is 847. The number of anilines is 1. The second-order valence-corrected chi connectivity index (χ2v) is 4.95. The number of hydrogen-bond acceptors (Lipinski definition) is 4. The molecule has 0 aliphatic heterocycles. The van der Waals surface area contributed by atoms with Gasteiger partial charge < -0.3 is 10.8 Å². The van der Waals surface area contributed by atoms with Crippen molar-refractivity contribution < 1.29 is 19.5 Å². The smallest absolute Gasteiger partial charge is 0.335 e. The number of nitrogen functional groups attached to an aromatic ring is 1. The van der Waals surface area contributed by atoms with Crippen LogP contribution in [0.25, 0.3) is 6.08 Å². The van der Waals surface area contributed by atoms with E-state index >= 15 is 0 Å². The number of nitrogens with two attached hydrogens (primary N) is 1. The Balaban J connectivity index is 2.06. The summed E-state index contributed by atoms with van der Waals surface area (Å²) in [5.74, 6) is -1.99. The first-order valence-corrected chi connectivity index (χ1v) is 6.51. The van der Waals surface area contributed by atoms with Gasteiger partial charge >= 0.3 is 5.97 Å². The first kappa shape index (κ1) is 13.8. The summed E-state index contributed by atoms with van der Waals surface area (Å²) in [6, 6.07) is 10.7. The molecule has 0 unspecified atom stereocenters. The number of fused-ring (bicyclic) bond motifs is 1. The number of aromatic carboxylic acids is 1. The average Bonchev–Trinajstić information content (AvgIpc) is 2.74. The van der Waals surface area contributed by atoms with Crippen LogP contribution in [0.1, 0.15) is 36.6 Å². The van der Waals surface area contributed by atoms with Crippen LogP contribution in [0, 0.1) is 0 Å². The molecule has 0 saturated carbocycles. The van der Waals surface area contributed by atoms with Crippen molar-refractivity contribution in [3.05, 3.63) is 70.3 Å². The van der Waals surface area contributed by atoms with Gasteiger partial charge in [-0.25, -0.2) is 4.79 Å². The highest BCUT2D eigenvalue weighted by Crippen LogP contribution is 2.29. The Morgan fingerprint density at radius 3 is 2.23 bits per heavy atom. The Morgan fingerprint density at radius 2 is 1.59 bits per heavy atom. The lowest BCUT2D eigenvalue weighted by atomic mass is 10.1. The molecule has 2 aromatic rings. The van der Waals surface area contributed by atoms with Crippen LogP contribution in [0.2, 0.25) is 0 Å². The van der Waals surface area contributed by atoms with E-state index in [0.717, 1.165) is 0 Å². The molecule has 0 radical (unpaired) electrons. The summed E-state index contributed by atoms with van der Waals surface area (Å²) in [5, 5.41) is 8.97. The maximum atomic E-state index is 12.3. The molecular weight excluding hydrogens is 282 g/mol. The van der Waals surface area contributed by atoms with Crippen LogP contribution >= 0.6 is 0 Å². The molecule has 0 fully saturated rings. The van der Waals surface area contributed by atoms with E-state index in [4.69, 9.17) is 10.8 Å². The van der Waals surface area contributed by atoms with Crippen molar-refractivity contribution in [3.63, 3.8) is 0 Å². The minimum Gasteiger partial charge on any atom is -0.478 e. The molecule has 108 valence electrons. The molecule has 5 nitrogen and oxygen atoms in total. The van der Waals surface area contributed by atoms with Gasteiger partial charge in [-0.05, 0) is 42.0 Å². The number of carbonyl (C=O) groups is 3. The fourth-order valence-electron chi connectivity index (χ4n) is 2.35. The lowest BCUT2D eigenvalue weighted by Crippen LogP contribution is -2.01. The molecule has 1 aliphatic carbocycles. The molecular formula is C17H11NO4. The summed E-state index contributed by atoms with van der Waals surface area (Å²) in [7, 11) is 0. The van der Waals surface area contributed by atoms with Gasteiger partial charge in [-0.15, -0.1) is 0 Å². The molecule has 0 bridgehead atoms. The number of carboxylic acid groups (broad SMARTS) is 1. The third-order valence-electron chi connectivity index (χ3n) is 3.49. The summed E-state index contributed by atoms with van der Waals surface area (Å²) in [4.78, 5) is 35.6. The summed E-state index contributed by atoms with van der Waals surface area (Å²) in [6.07, 6.45) is 1.49. The van der Waals surface area contributed by atoms with Crippen LogP contribution in [0.15, 0.2) is 48.0 Å². The Morgan fingerprint density at radius 1 is 0.955 bits per heavy atom. The maximum Gasteiger partial charge on any atom is 0.335 e. The first-order valence-electron chi connectivity index (χ1n) is 6.51. The van der Waals surface area contributed by atoms with Crippen LogP contribution in [0.4, 0.5) is 5.69 Å². The van der Waals surface area contributed by atoms with Crippen molar-refractivity contribution in [1.29, 1.82) is 0 Å². The molecule has 3 N–H and O–H groups in total. The molecule has 0 amide bonds. The van der Waals surface area contributed by atoms with Gasteiger partial charge in [0.05, 0.1) is 11.1 Å². The molecule has 0 spiro atoms. The van der Waals surface area contributed by atoms with Crippen molar-refractivity contribution in [2.24, 2.45) is 0 Å². The van der Waals surface area contributed by atoms with Crippen molar-refractivity contribution in [3.8, 4) is 0 Å². The monoisotopic (exact) mass is 293 g/mol. The second-order valence-electron chi connectivity index (χ2n) is 4.95. The Hall–Kier alpha value is -3.21. The third-order valence-corrected chi connectivity index (χ3v) is 3.49. The number of benzene rings is 2. The summed E-state index contributed by atoms with van der Waals surface area (Å²) < 4.78 is 0.